The van der Waals surface area contributed by atoms with Crippen LogP contribution in [0.3, 0.4) is 0 Å². The maximum atomic E-state index is 12.5. The molecule has 1 aromatic carbocycles. The average Bonchev–Trinajstić information content (AvgIpc) is 3.22. The third kappa shape index (κ3) is 3.63. The first kappa shape index (κ1) is 16.6. The van der Waals surface area contributed by atoms with Gasteiger partial charge in [0.1, 0.15) is 5.01 Å². The van der Waals surface area contributed by atoms with Gasteiger partial charge in [-0.3, -0.25) is 9.59 Å². The molecule has 1 saturated heterocycles. The van der Waals surface area contributed by atoms with Crippen molar-refractivity contribution in [1.82, 2.24) is 10.3 Å². The second-order valence-electron chi connectivity index (χ2n) is 5.51. The molecular weight excluding hydrogens is 326 g/mol. The van der Waals surface area contributed by atoms with Gasteiger partial charge in [0.25, 0.3) is 5.91 Å². The van der Waals surface area contributed by atoms with E-state index in [9.17, 15) is 9.59 Å². The van der Waals surface area contributed by atoms with E-state index in [0.717, 1.165) is 17.1 Å². The largest absolute Gasteiger partial charge is 0.378 e. The van der Waals surface area contributed by atoms with Crippen LogP contribution in [-0.4, -0.2) is 30.5 Å². The first-order valence-electron chi connectivity index (χ1n) is 7.79. The maximum absolute atomic E-state index is 12.5. The molecule has 2 aromatic rings. The molecule has 0 atom stereocenters. The smallest absolute Gasteiger partial charge is 0.253 e. The van der Waals surface area contributed by atoms with Crippen molar-refractivity contribution >= 4 is 28.8 Å². The first-order valence-corrected chi connectivity index (χ1v) is 8.67. The van der Waals surface area contributed by atoms with Gasteiger partial charge >= 0.3 is 0 Å². The molecule has 0 saturated carbocycles. The topological polar surface area (TPSA) is 71.5 Å². The van der Waals surface area contributed by atoms with E-state index in [-0.39, 0.29) is 11.8 Å². The van der Waals surface area contributed by atoms with Gasteiger partial charge in [-0.25, -0.2) is 4.98 Å². The van der Waals surface area contributed by atoms with Gasteiger partial charge in [-0.05, 0) is 18.6 Å². The Morgan fingerprint density at radius 2 is 2.25 bits per heavy atom. The summed E-state index contributed by atoms with van der Waals surface area (Å²) in [6, 6.07) is 7.21. The lowest BCUT2D eigenvalue weighted by Crippen LogP contribution is -2.29. The lowest BCUT2D eigenvalue weighted by atomic mass is 10.1. The van der Waals surface area contributed by atoms with Gasteiger partial charge in [0.2, 0.25) is 5.91 Å². The molecule has 0 bridgehead atoms. The fourth-order valence-corrected chi connectivity index (χ4v) is 3.45. The fourth-order valence-electron chi connectivity index (χ4n) is 2.69. The van der Waals surface area contributed by atoms with Crippen LogP contribution in [0.25, 0.3) is 0 Å². The maximum Gasteiger partial charge on any atom is 0.253 e. The molecule has 0 aliphatic carbocycles. The summed E-state index contributed by atoms with van der Waals surface area (Å²) >= 11 is 1.51. The van der Waals surface area contributed by atoms with Gasteiger partial charge in [0.05, 0.1) is 30.1 Å². The summed E-state index contributed by atoms with van der Waals surface area (Å²) in [5.74, 6) is -0.134. The molecule has 1 aromatic heterocycles. The van der Waals surface area contributed by atoms with Crippen LogP contribution in [0.2, 0.25) is 0 Å². The summed E-state index contributed by atoms with van der Waals surface area (Å²) in [5.41, 5.74) is 1.99. The monoisotopic (exact) mass is 345 g/mol. The lowest BCUT2D eigenvalue weighted by molar-refractivity contribution is -0.117. The molecule has 1 N–H and O–H groups in total. The number of carbonyl (C=O) groups excluding carboxylic acids is 2. The number of hydrogen-bond donors (Lipinski definition) is 1. The molecule has 0 spiro atoms. The number of hydrogen-bond acceptors (Lipinski definition) is 5. The number of amides is 2. The second kappa shape index (κ2) is 7.55. The molecule has 0 radical (unpaired) electrons. The van der Waals surface area contributed by atoms with E-state index in [2.05, 4.69) is 10.3 Å². The third-order valence-corrected chi connectivity index (χ3v) is 4.68. The molecule has 6 nitrogen and oxygen atoms in total. The van der Waals surface area contributed by atoms with Crippen LogP contribution in [0, 0.1) is 0 Å². The van der Waals surface area contributed by atoms with Crippen molar-refractivity contribution in [2.45, 2.75) is 26.0 Å². The summed E-state index contributed by atoms with van der Waals surface area (Å²) in [6.07, 6.45) is 1.37. The lowest BCUT2D eigenvalue weighted by Gasteiger charge is -2.19. The number of para-hydroxylation sites is 1. The summed E-state index contributed by atoms with van der Waals surface area (Å²) in [6.45, 7) is 1.48. The van der Waals surface area contributed by atoms with Crippen molar-refractivity contribution in [3.8, 4) is 0 Å². The van der Waals surface area contributed by atoms with Crippen LogP contribution in [-0.2, 0) is 22.7 Å². The molecular formula is C17H19N3O3S. The minimum absolute atomic E-state index is 0.0685. The Balaban J connectivity index is 1.69. The van der Waals surface area contributed by atoms with Crippen LogP contribution in [0.15, 0.2) is 29.6 Å². The third-order valence-electron chi connectivity index (χ3n) is 3.81. The normalized spacial score (nSPS) is 14.2. The number of ether oxygens (including phenoxy) is 1. The predicted molar refractivity (Wildman–Crippen MR) is 92.0 cm³/mol. The molecule has 24 heavy (non-hydrogen) atoms. The molecule has 3 rings (SSSR count). The highest BCUT2D eigenvalue weighted by molar-refractivity contribution is 7.09. The van der Waals surface area contributed by atoms with Gasteiger partial charge < -0.3 is 15.0 Å². The number of rotatable bonds is 6. The van der Waals surface area contributed by atoms with Gasteiger partial charge in [0, 0.05) is 25.5 Å². The molecule has 1 aliphatic heterocycles. The van der Waals surface area contributed by atoms with Crippen molar-refractivity contribution in [1.29, 1.82) is 0 Å². The molecule has 7 heteroatoms. The molecule has 1 aliphatic rings. The Hall–Kier alpha value is -2.25. The first-order chi connectivity index (χ1) is 11.7. The zero-order valence-corrected chi connectivity index (χ0v) is 14.3. The Morgan fingerprint density at radius 3 is 3.00 bits per heavy atom. The zero-order chi connectivity index (χ0) is 16.9. The quantitative estimate of drug-likeness (QED) is 0.872. The Kier molecular flexibility index (Phi) is 5.22. The van der Waals surface area contributed by atoms with Crippen molar-refractivity contribution in [3.05, 3.63) is 45.9 Å². The minimum atomic E-state index is -0.202. The number of carbonyl (C=O) groups is 2. The molecule has 1 fully saturated rings. The van der Waals surface area contributed by atoms with Crippen LogP contribution >= 0.6 is 11.3 Å². The Morgan fingerprint density at radius 1 is 1.42 bits per heavy atom. The highest BCUT2D eigenvalue weighted by Crippen LogP contribution is 2.25. The number of anilines is 1. The van der Waals surface area contributed by atoms with Crippen molar-refractivity contribution in [2.24, 2.45) is 0 Å². The van der Waals surface area contributed by atoms with E-state index in [0.29, 0.717) is 37.4 Å². The van der Waals surface area contributed by atoms with Crippen molar-refractivity contribution in [3.63, 3.8) is 0 Å². The molecule has 0 unspecified atom stereocenters. The number of aromatic nitrogens is 1. The van der Waals surface area contributed by atoms with Crippen LogP contribution in [0.1, 0.15) is 33.9 Å². The predicted octanol–water partition coefficient (Wildman–Crippen LogP) is 2.35. The van der Waals surface area contributed by atoms with E-state index in [1.807, 2.05) is 17.5 Å². The van der Waals surface area contributed by atoms with Crippen molar-refractivity contribution < 1.29 is 14.3 Å². The summed E-state index contributed by atoms with van der Waals surface area (Å²) in [7, 11) is 1.62. The highest BCUT2D eigenvalue weighted by atomic mass is 32.1. The van der Waals surface area contributed by atoms with Gasteiger partial charge in [-0.2, -0.15) is 0 Å². The second-order valence-corrected chi connectivity index (χ2v) is 6.46. The summed E-state index contributed by atoms with van der Waals surface area (Å²) in [5, 5.41) is 5.66. The van der Waals surface area contributed by atoms with E-state index >= 15 is 0 Å². The SMILES string of the molecule is COCc1nc(CNC(=O)c2ccccc2N2CCCC2=O)cs1. The highest BCUT2D eigenvalue weighted by Gasteiger charge is 2.25. The number of nitrogens with one attached hydrogen (secondary N) is 1. The van der Waals surface area contributed by atoms with E-state index in [4.69, 9.17) is 4.74 Å². The van der Waals surface area contributed by atoms with Crippen LogP contribution < -0.4 is 10.2 Å². The zero-order valence-electron chi connectivity index (χ0n) is 13.4. The van der Waals surface area contributed by atoms with Gasteiger partial charge in [-0.1, -0.05) is 12.1 Å². The van der Waals surface area contributed by atoms with Crippen molar-refractivity contribution in [2.75, 3.05) is 18.6 Å². The summed E-state index contributed by atoms with van der Waals surface area (Å²) in [4.78, 5) is 30.6. The number of methoxy groups -OCH3 is 1. The molecule has 126 valence electrons. The minimum Gasteiger partial charge on any atom is -0.378 e. The molecule has 2 heterocycles. The number of benzene rings is 1. The average molecular weight is 345 g/mol. The summed E-state index contributed by atoms with van der Waals surface area (Å²) < 4.78 is 5.04. The van der Waals surface area contributed by atoms with Crippen LogP contribution in [0.5, 0.6) is 0 Å². The van der Waals surface area contributed by atoms with Gasteiger partial charge in [-0.15, -0.1) is 11.3 Å². The Bertz CT molecular complexity index is 744. The number of thiazole rings is 1. The molecule has 2 amide bonds. The van der Waals surface area contributed by atoms with Gasteiger partial charge in [0.15, 0.2) is 0 Å². The van der Waals surface area contributed by atoms with Crippen LogP contribution in [0.4, 0.5) is 5.69 Å². The van der Waals surface area contributed by atoms with E-state index in [1.54, 1.807) is 24.1 Å². The number of nitrogens with zero attached hydrogens (tertiary/aromatic N) is 2. The standard InChI is InChI=1S/C17H19N3O3S/c1-23-10-15-19-12(11-24-15)9-18-17(22)13-5-2-3-6-14(13)20-8-4-7-16(20)21/h2-3,5-6,11H,4,7-10H2,1H3,(H,18,22). The van der Waals surface area contributed by atoms with E-state index in [1.165, 1.54) is 11.3 Å². The Labute approximate surface area is 144 Å². The van der Waals surface area contributed by atoms with E-state index < -0.39 is 0 Å². The fraction of sp³-hybridized carbons (Fsp3) is 0.353.